The molecule has 0 bridgehead atoms. The van der Waals surface area contributed by atoms with Crippen molar-refractivity contribution in [1.29, 1.82) is 0 Å². The predicted molar refractivity (Wildman–Crippen MR) is 81.5 cm³/mol. The predicted octanol–water partition coefficient (Wildman–Crippen LogP) is 3.24. The molecule has 0 radical (unpaired) electrons. The van der Waals surface area contributed by atoms with Gasteiger partial charge in [0.05, 0.1) is 23.6 Å². The Bertz CT molecular complexity index is 835. The molecule has 0 spiro atoms. The Hall–Kier alpha value is -2.53. The smallest absolute Gasteiger partial charge is 0.275 e. The van der Waals surface area contributed by atoms with Crippen LogP contribution in [0.3, 0.4) is 0 Å². The van der Waals surface area contributed by atoms with E-state index in [0.717, 1.165) is 16.5 Å². The maximum absolute atomic E-state index is 12.2. The van der Waals surface area contributed by atoms with Crippen LogP contribution in [0.15, 0.2) is 42.9 Å². The Labute approximate surface area is 126 Å². The van der Waals surface area contributed by atoms with Gasteiger partial charge in [0.25, 0.3) is 5.91 Å². The molecule has 0 aliphatic rings. The fourth-order valence-electron chi connectivity index (χ4n) is 2.06. The Balaban J connectivity index is 1.99. The number of carbonyl (C=O) groups is 1. The van der Waals surface area contributed by atoms with Crippen molar-refractivity contribution in [3.63, 3.8) is 0 Å². The van der Waals surface area contributed by atoms with E-state index in [-0.39, 0.29) is 16.8 Å². The van der Waals surface area contributed by atoms with Crippen molar-refractivity contribution in [2.45, 2.75) is 6.92 Å². The summed E-state index contributed by atoms with van der Waals surface area (Å²) in [6.45, 7) is 1.98. The Morgan fingerprint density at radius 1 is 1.24 bits per heavy atom. The number of benzene rings is 1. The number of halogens is 1. The summed E-state index contributed by atoms with van der Waals surface area (Å²) in [6.07, 6.45) is 4.47. The number of amides is 1. The molecule has 0 aliphatic carbocycles. The van der Waals surface area contributed by atoms with Crippen molar-refractivity contribution in [3.05, 3.63) is 59.3 Å². The molecule has 0 fully saturated rings. The van der Waals surface area contributed by atoms with Crippen molar-refractivity contribution >= 4 is 34.1 Å². The zero-order valence-corrected chi connectivity index (χ0v) is 11.9. The van der Waals surface area contributed by atoms with E-state index in [1.165, 1.54) is 12.4 Å². The summed E-state index contributed by atoms with van der Waals surface area (Å²) in [7, 11) is 0. The molecule has 2 heterocycles. The fraction of sp³-hybridized carbons (Fsp3) is 0.0667. The molecule has 3 rings (SSSR count). The van der Waals surface area contributed by atoms with Crippen LogP contribution in [0.25, 0.3) is 10.9 Å². The summed E-state index contributed by atoms with van der Waals surface area (Å²) >= 11 is 5.74. The summed E-state index contributed by atoms with van der Waals surface area (Å²) in [5, 5.41) is 3.87. The van der Waals surface area contributed by atoms with Gasteiger partial charge in [-0.3, -0.25) is 14.8 Å². The number of nitrogens with one attached hydrogen (secondary N) is 1. The standard InChI is InChI=1S/C15H11ClN4O/c1-9-4-5-11(10-3-2-6-18-14(9)10)20-15(21)12-7-17-8-13(16)19-12/h2-8H,1H3,(H,20,21). The van der Waals surface area contributed by atoms with Gasteiger partial charge in [-0.25, -0.2) is 4.98 Å². The van der Waals surface area contributed by atoms with Crippen LogP contribution >= 0.6 is 11.6 Å². The van der Waals surface area contributed by atoms with Gasteiger partial charge in [-0.1, -0.05) is 17.7 Å². The van der Waals surface area contributed by atoms with Gasteiger partial charge in [-0.15, -0.1) is 0 Å². The first-order chi connectivity index (χ1) is 10.1. The second kappa shape index (κ2) is 5.46. The van der Waals surface area contributed by atoms with E-state index in [4.69, 9.17) is 11.6 Å². The number of anilines is 1. The van der Waals surface area contributed by atoms with Crippen LogP contribution in [0.4, 0.5) is 5.69 Å². The summed E-state index contributed by atoms with van der Waals surface area (Å²) in [4.78, 5) is 24.3. The average Bonchev–Trinajstić information content (AvgIpc) is 2.50. The minimum Gasteiger partial charge on any atom is -0.320 e. The highest BCUT2D eigenvalue weighted by Crippen LogP contribution is 2.24. The minimum atomic E-state index is -0.362. The molecule has 3 aromatic rings. The number of carbonyl (C=O) groups excluding carboxylic acids is 1. The van der Waals surface area contributed by atoms with Crippen LogP contribution in [0.2, 0.25) is 5.15 Å². The molecule has 0 unspecified atom stereocenters. The lowest BCUT2D eigenvalue weighted by atomic mass is 10.1. The van der Waals surface area contributed by atoms with Crippen molar-refractivity contribution in [2.75, 3.05) is 5.32 Å². The number of hydrogen-bond donors (Lipinski definition) is 1. The SMILES string of the molecule is Cc1ccc(NC(=O)c2cncc(Cl)n2)c2cccnc12. The van der Waals surface area contributed by atoms with Gasteiger partial charge in [0.2, 0.25) is 0 Å². The second-order valence-corrected chi connectivity index (χ2v) is 4.90. The highest BCUT2D eigenvalue weighted by Gasteiger charge is 2.11. The van der Waals surface area contributed by atoms with Crippen LogP contribution in [-0.2, 0) is 0 Å². The lowest BCUT2D eigenvalue weighted by Gasteiger charge is -2.09. The average molecular weight is 299 g/mol. The van der Waals surface area contributed by atoms with E-state index in [0.29, 0.717) is 5.69 Å². The first kappa shape index (κ1) is 13.5. The first-order valence-electron chi connectivity index (χ1n) is 6.28. The summed E-state index contributed by atoms with van der Waals surface area (Å²) in [5.74, 6) is -0.362. The number of fused-ring (bicyclic) bond motifs is 1. The van der Waals surface area contributed by atoms with Gasteiger partial charge in [0, 0.05) is 11.6 Å². The van der Waals surface area contributed by atoms with Gasteiger partial charge in [0.15, 0.2) is 0 Å². The quantitative estimate of drug-likeness (QED) is 0.788. The van der Waals surface area contributed by atoms with Crippen molar-refractivity contribution in [2.24, 2.45) is 0 Å². The maximum Gasteiger partial charge on any atom is 0.275 e. The number of nitrogens with zero attached hydrogens (tertiary/aromatic N) is 3. The molecule has 21 heavy (non-hydrogen) atoms. The van der Waals surface area contributed by atoms with E-state index in [2.05, 4.69) is 20.3 Å². The topological polar surface area (TPSA) is 67.8 Å². The van der Waals surface area contributed by atoms with E-state index < -0.39 is 0 Å². The zero-order valence-electron chi connectivity index (χ0n) is 11.2. The molecule has 6 heteroatoms. The van der Waals surface area contributed by atoms with Crippen LogP contribution in [0.5, 0.6) is 0 Å². The van der Waals surface area contributed by atoms with Crippen molar-refractivity contribution in [1.82, 2.24) is 15.0 Å². The third kappa shape index (κ3) is 2.68. The third-order valence-electron chi connectivity index (χ3n) is 3.06. The van der Waals surface area contributed by atoms with Crippen LogP contribution in [-0.4, -0.2) is 20.9 Å². The largest absolute Gasteiger partial charge is 0.320 e. The van der Waals surface area contributed by atoms with Crippen LogP contribution in [0.1, 0.15) is 16.1 Å². The van der Waals surface area contributed by atoms with Crippen molar-refractivity contribution < 1.29 is 4.79 Å². The lowest BCUT2D eigenvalue weighted by molar-refractivity contribution is 0.102. The van der Waals surface area contributed by atoms with Gasteiger partial charge >= 0.3 is 0 Å². The van der Waals surface area contributed by atoms with E-state index in [1.807, 2.05) is 31.2 Å². The van der Waals surface area contributed by atoms with E-state index >= 15 is 0 Å². The Morgan fingerprint density at radius 3 is 2.90 bits per heavy atom. The summed E-state index contributed by atoms with van der Waals surface area (Å²) in [5.41, 5.74) is 2.74. The molecule has 0 aliphatic heterocycles. The molecule has 1 amide bonds. The van der Waals surface area contributed by atoms with Crippen LogP contribution in [0, 0.1) is 6.92 Å². The number of hydrogen-bond acceptors (Lipinski definition) is 4. The molecule has 2 aromatic heterocycles. The molecule has 5 nitrogen and oxygen atoms in total. The first-order valence-corrected chi connectivity index (χ1v) is 6.66. The van der Waals surface area contributed by atoms with Gasteiger partial charge < -0.3 is 5.32 Å². The van der Waals surface area contributed by atoms with Gasteiger partial charge in [-0.05, 0) is 30.7 Å². The van der Waals surface area contributed by atoms with E-state index in [9.17, 15) is 4.79 Å². The highest BCUT2D eigenvalue weighted by atomic mass is 35.5. The maximum atomic E-state index is 12.2. The van der Waals surface area contributed by atoms with Crippen molar-refractivity contribution in [3.8, 4) is 0 Å². The zero-order chi connectivity index (χ0) is 14.8. The Kier molecular flexibility index (Phi) is 3.50. The molecule has 1 aromatic carbocycles. The lowest BCUT2D eigenvalue weighted by Crippen LogP contribution is -2.14. The second-order valence-electron chi connectivity index (χ2n) is 4.51. The normalized spacial score (nSPS) is 10.6. The number of pyridine rings is 1. The minimum absolute atomic E-state index is 0.167. The monoisotopic (exact) mass is 298 g/mol. The van der Waals surface area contributed by atoms with E-state index in [1.54, 1.807) is 6.20 Å². The number of rotatable bonds is 2. The highest BCUT2D eigenvalue weighted by molar-refractivity contribution is 6.29. The fourth-order valence-corrected chi connectivity index (χ4v) is 2.21. The van der Waals surface area contributed by atoms with Gasteiger partial charge in [-0.2, -0.15) is 0 Å². The Morgan fingerprint density at radius 2 is 2.10 bits per heavy atom. The third-order valence-corrected chi connectivity index (χ3v) is 3.24. The molecular weight excluding hydrogens is 288 g/mol. The molecular formula is C15H11ClN4O. The molecule has 1 N–H and O–H groups in total. The molecule has 104 valence electrons. The summed E-state index contributed by atoms with van der Waals surface area (Å²) in [6, 6.07) is 7.50. The number of aromatic nitrogens is 3. The molecule has 0 saturated carbocycles. The summed E-state index contributed by atoms with van der Waals surface area (Å²) < 4.78 is 0. The molecule has 0 atom stereocenters. The molecule has 0 saturated heterocycles. The van der Waals surface area contributed by atoms with Gasteiger partial charge in [0.1, 0.15) is 10.8 Å². The number of aryl methyl sites for hydroxylation is 1. The van der Waals surface area contributed by atoms with Crippen LogP contribution < -0.4 is 5.32 Å².